The van der Waals surface area contributed by atoms with E-state index in [1.807, 2.05) is 20.1 Å². The third kappa shape index (κ3) is 5.98. The Morgan fingerprint density at radius 3 is 2.58 bits per heavy atom. The van der Waals surface area contributed by atoms with E-state index in [0.29, 0.717) is 25.8 Å². The van der Waals surface area contributed by atoms with Crippen molar-refractivity contribution in [2.75, 3.05) is 18.6 Å². The van der Waals surface area contributed by atoms with Gasteiger partial charge in [-0.3, -0.25) is 9.59 Å². The molecule has 0 unspecified atom stereocenters. The van der Waals surface area contributed by atoms with E-state index in [9.17, 15) is 19.5 Å². The van der Waals surface area contributed by atoms with Crippen molar-refractivity contribution in [3.8, 4) is 0 Å². The van der Waals surface area contributed by atoms with Crippen LogP contribution in [-0.2, 0) is 14.4 Å². The molecule has 1 saturated heterocycles. The van der Waals surface area contributed by atoms with E-state index in [1.165, 1.54) is 4.90 Å². The number of nitrogens with one attached hydrogen (secondary N) is 1. The molecule has 3 atom stereocenters. The Balaban J connectivity index is 2.70. The molecule has 0 aromatic heterocycles. The number of amides is 2. The summed E-state index contributed by atoms with van der Waals surface area (Å²) in [5.74, 6) is -0.742. The number of hydrogen-bond acceptors (Lipinski definition) is 5. The van der Waals surface area contributed by atoms with Gasteiger partial charge in [0.2, 0.25) is 11.8 Å². The van der Waals surface area contributed by atoms with Crippen LogP contribution in [0.2, 0.25) is 0 Å². The molecular formula is C16H29N3O4S. The van der Waals surface area contributed by atoms with Crippen molar-refractivity contribution < 1.29 is 19.5 Å². The van der Waals surface area contributed by atoms with Crippen LogP contribution < -0.4 is 11.1 Å². The lowest BCUT2D eigenvalue weighted by Crippen LogP contribution is -2.54. The van der Waals surface area contributed by atoms with Gasteiger partial charge in [0.15, 0.2) is 0 Å². The van der Waals surface area contributed by atoms with Crippen LogP contribution in [0.3, 0.4) is 0 Å². The van der Waals surface area contributed by atoms with Crippen LogP contribution in [-0.4, -0.2) is 64.5 Å². The Morgan fingerprint density at radius 1 is 1.38 bits per heavy atom. The van der Waals surface area contributed by atoms with Gasteiger partial charge in [-0.15, -0.1) is 0 Å². The van der Waals surface area contributed by atoms with Crippen molar-refractivity contribution in [1.29, 1.82) is 0 Å². The summed E-state index contributed by atoms with van der Waals surface area (Å²) in [6, 6.07) is -2.16. The zero-order valence-electron chi connectivity index (χ0n) is 14.7. The first kappa shape index (κ1) is 20.8. The summed E-state index contributed by atoms with van der Waals surface area (Å²) in [7, 11) is 0. The van der Waals surface area contributed by atoms with E-state index in [1.54, 1.807) is 11.8 Å². The zero-order valence-corrected chi connectivity index (χ0v) is 15.5. The zero-order chi connectivity index (χ0) is 18.3. The number of aliphatic carboxylic acids is 1. The lowest BCUT2D eigenvalue weighted by atomic mass is 10.0. The molecule has 4 N–H and O–H groups in total. The SMILES string of the molecule is CSCC[C@H](N)C(=O)N1CCC[C@H]1C(=O)N[C@@H](CC(C)C)C(=O)O. The summed E-state index contributed by atoms with van der Waals surface area (Å²) in [5.41, 5.74) is 5.93. The van der Waals surface area contributed by atoms with Crippen molar-refractivity contribution in [2.24, 2.45) is 11.7 Å². The van der Waals surface area contributed by atoms with Crippen molar-refractivity contribution in [1.82, 2.24) is 10.2 Å². The van der Waals surface area contributed by atoms with Crippen molar-refractivity contribution in [3.05, 3.63) is 0 Å². The number of carbonyl (C=O) groups is 3. The summed E-state index contributed by atoms with van der Waals surface area (Å²) in [5, 5.41) is 11.8. The lowest BCUT2D eigenvalue weighted by molar-refractivity contribution is -0.144. The molecule has 0 saturated carbocycles. The second kappa shape index (κ2) is 9.88. The highest BCUT2D eigenvalue weighted by Gasteiger charge is 2.37. The van der Waals surface area contributed by atoms with Gasteiger partial charge in [0.1, 0.15) is 12.1 Å². The number of carbonyl (C=O) groups excluding carboxylic acids is 2. The molecule has 0 bridgehead atoms. The molecule has 1 rings (SSSR count). The maximum Gasteiger partial charge on any atom is 0.326 e. The molecule has 8 heteroatoms. The number of carboxylic acid groups (broad SMARTS) is 1. The Hall–Kier alpha value is -1.28. The second-order valence-electron chi connectivity index (χ2n) is 6.61. The van der Waals surface area contributed by atoms with Crippen molar-refractivity contribution in [3.63, 3.8) is 0 Å². The minimum absolute atomic E-state index is 0.146. The molecule has 0 aliphatic carbocycles. The fourth-order valence-corrected chi connectivity index (χ4v) is 3.33. The van der Waals surface area contributed by atoms with E-state index in [2.05, 4.69) is 5.32 Å². The Kier molecular flexibility index (Phi) is 8.55. The Labute approximate surface area is 147 Å². The van der Waals surface area contributed by atoms with Crippen LogP contribution in [0, 0.1) is 5.92 Å². The van der Waals surface area contributed by atoms with E-state index in [4.69, 9.17) is 5.73 Å². The normalized spacial score (nSPS) is 20.0. The summed E-state index contributed by atoms with van der Waals surface area (Å²) in [6.07, 6.45) is 4.14. The monoisotopic (exact) mass is 359 g/mol. The highest BCUT2D eigenvalue weighted by atomic mass is 32.2. The van der Waals surface area contributed by atoms with Gasteiger partial charge < -0.3 is 21.1 Å². The van der Waals surface area contributed by atoms with Crippen molar-refractivity contribution in [2.45, 2.75) is 57.7 Å². The van der Waals surface area contributed by atoms with Crippen LogP contribution in [0.4, 0.5) is 0 Å². The van der Waals surface area contributed by atoms with E-state index in [-0.39, 0.29) is 11.8 Å². The summed E-state index contributed by atoms with van der Waals surface area (Å²) in [6.45, 7) is 4.29. The van der Waals surface area contributed by atoms with Gasteiger partial charge in [-0.1, -0.05) is 13.8 Å². The van der Waals surface area contributed by atoms with E-state index >= 15 is 0 Å². The molecule has 1 heterocycles. The second-order valence-corrected chi connectivity index (χ2v) is 7.59. The summed E-state index contributed by atoms with van der Waals surface area (Å²) < 4.78 is 0. The number of nitrogens with two attached hydrogens (primary N) is 1. The molecule has 1 fully saturated rings. The third-order valence-corrected chi connectivity index (χ3v) is 4.75. The van der Waals surface area contributed by atoms with Crippen LogP contribution in [0.15, 0.2) is 0 Å². The van der Waals surface area contributed by atoms with Gasteiger partial charge in [0.05, 0.1) is 6.04 Å². The molecular weight excluding hydrogens is 330 g/mol. The first-order valence-corrected chi connectivity index (χ1v) is 9.75. The minimum Gasteiger partial charge on any atom is -0.480 e. The standard InChI is InChI=1S/C16H29N3O4S/c1-10(2)9-12(16(22)23)18-14(20)13-5-4-7-19(13)15(21)11(17)6-8-24-3/h10-13H,4-9,17H2,1-3H3,(H,18,20)(H,22,23)/t11-,12-,13-/m0/s1. The lowest BCUT2D eigenvalue weighted by Gasteiger charge is -2.28. The molecule has 1 aliphatic rings. The molecule has 0 aromatic rings. The van der Waals surface area contributed by atoms with Gasteiger partial charge in [0.25, 0.3) is 0 Å². The highest BCUT2D eigenvalue weighted by Crippen LogP contribution is 2.20. The van der Waals surface area contributed by atoms with Crippen LogP contribution in [0.25, 0.3) is 0 Å². The van der Waals surface area contributed by atoms with Gasteiger partial charge >= 0.3 is 5.97 Å². The number of rotatable bonds is 9. The van der Waals surface area contributed by atoms with Crippen LogP contribution in [0.1, 0.15) is 39.5 Å². The average Bonchev–Trinajstić information content (AvgIpc) is 3.00. The molecule has 0 spiro atoms. The average molecular weight is 359 g/mol. The molecule has 7 nitrogen and oxygen atoms in total. The van der Waals surface area contributed by atoms with Gasteiger partial charge in [0, 0.05) is 6.54 Å². The fraction of sp³-hybridized carbons (Fsp3) is 0.812. The highest BCUT2D eigenvalue weighted by molar-refractivity contribution is 7.98. The number of thioether (sulfide) groups is 1. The van der Waals surface area contributed by atoms with Crippen LogP contribution in [0.5, 0.6) is 0 Å². The quantitative estimate of drug-likeness (QED) is 0.558. The smallest absolute Gasteiger partial charge is 0.326 e. The number of nitrogens with zero attached hydrogens (tertiary/aromatic N) is 1. The molecule has 0 aromatic carbocycles. The molecule has 24 heavy (non-hydrogen) atoms. The summed E-state index contributed by atoms with van der Waals surface area (Å²) in [4.78, 5) is 37.8. The van der Waals surface area contributed by atoms with Crippen LogP contribution >= 0.6 is 11.8 Å². The van der Waals surface area contributed by atoms with Crippen molar-refractivity contribution >= 4 is 29.5 Å². The Bertz CT molecular complexity index is 459. The molecule has 138 valence electrons. The van der Waals surface area contributed by atoms with Gasteiger partial charge in [-0.25, -0.2) is 4.79 Å². The molecule has 2 amide bonds. The molecule has 0 radical (unpaired) electrons. The van der Waals surface area contributed by atoms with E-state index in [0.717, 1.165) is 12.2 Å². The fourth-order valence-electron chi connectivity index (χ4n) is 2.85. The first-order chi connectivity index (χ1) is 11.3. The minimum atomic E-state index is -1.05. The van der Waals surface area contributed by atoms with E-state index < -0.39 is 30.0 Å². The topological polar surface area (TPSA) is 113 Å². The number of likely N-dealkylation sites (tertiary alicyclic amines) is 1. The number of hydrogen-bond donors (Lipinski definition) is 3. The summed E-state index contributed by atoms with van der Waals surface area (Å²) >= 11 is 1.62. The Morgan fingerprint density at radius 2 is 2.04 bits per heavy atom. The predicted molar refractivity (Wildman–Crippen MR) is 94.7 cm³/mol. The molecule has 1 aliphatic heterocycles. The maximum absolute atomic E-state index is 12.5. The van der Waals surface area contributed by atoms with Gasteiger partial charge in [-0.2, -0.15) is 11.8 Å². The first-order valence-electron chi connectivity index (χ1n) is 8.36. The largest absolute Gasteiger partial charge is 0.480 e. The van der Waals surface area contributed by atoms with Gasteiger partial charge in [-0.05, 0) is 43.6 Å². The number of carboxylic acids is 1. The third-order valence-electron chi connectivity index (χ3n) is 4.11. The predicted octanol–water partition coefficient (Wildman–Crippen LogP) is 0.673. The maximum atomic E-state index is 12.5.